The molecule has 3 heterocycles. The van der Waals surface area contributed by atoms with Crippen molar-refractivity contribution in [2.45, 2.75) is 29.3 Å². The molecule has 20 heteroatoms. The SMILES string of the molecule is COc1cc([C@H]2Oc3cc([C@H]4Oc5cc(O)cc(O)c5C(=O)[C@@H]4O)ccc3O[C@@H]2CO)ccc1O.O=C(O)c1cc(N=Nc2ccc(S(=O)(=O)Nc3ccccn3)cc2)ccc1O. The molecule has 0 saturated heterocycles. The number of aromatic hydroxyl groups is 4. The molecular weight excluding hydrogens is 845 g/mol. The fourth-order valence-corrected chi connectivity index (χ4v) is 7.47. The van der Waals surface area contributed by atoms with Crippen LogP contribution < -0.4 is 23.7 Å². The van der Waals surface area contributed by atoms with Gasteiger partial charge in [0.25, 0.3) is 10.0 Å². The lowest BCUT2D eigenvalue weighted by atomic mass is 9.92. The molecule has 0 saturated carbocycles. The van der Waals surface area contributed by atoms with E-state index in [2.05, 4.69) is 19.9 Å². The number of fused-ring (bicyclic) bond motifs is 2. The molecule has 8 rings (SSSR count). The van der Waals surface area contributed by atoms with E-state index in [0.717, 1.165) is 6.07 Å². The summed E-state index contributed by atoms with van der Waals surface area (Å²) >= 11 is 0. The number of aliphatic hydroxyl groups excluding tert-OH is 2. The van der Waals surface area contributed by atoms with Crippen molar-refractivity contribution in [3.8, 4) is 46.0 Å². The number of nitrogens with one attached hydrogen (secondary N) is 1. The van der Waals surface area contributed by atoms with Gasteiger partial charge in [-0.2, -0.15) is 10.2 Å². The molecule has 6 aromatic rings. The Kier molecular flexibility index (Phi) is 12.3. The molecule has 2 aliphatic rings. The highest BCUT2D eigenvalue weighted by Crippen LogP contribution is 2.46. The monoisotopic (exact) mass is 880 g/mol. The number of phenolic OH excluding ortho intramolecular Hbond substituents is 3. The molecule has 324 valence electrons. The fraction of sp³-hybridized carbons (Fsp3) is 0.140. The lowest BCUT2D eigenvalue weighted by molar-refractivity contribution is -0.0130. The standard InChI is InChI=1S/C25H22O10.C18H14N4O5S/c1-32-17-6-11(2-4-14(17)28)24-20(10-26)33-16-5-3-12(7-18(16)34-24)25-23(31)22(30)21-15(29)8-13(27)9-19(21)35-25;23-16-9-6-13(11-15(16)18(24)25)21-20-12-4-7-14(8-5-12)28(26,27)22-17-3-1-2-10-19-17/h2-9,20,23-29,31H,10H2,1H3;1-11,23H,(H,19,22)(H,24,25)/t20-,23+,24-,25-;/m1./s1. The summed E-state index contributed by atoms with van der Waals surface area (Å²) in [4.78, 5) is 27.7. The predicted octanol–water partition coefficient (Wildman–Crippen LogP) is 6.06. The predicted molar refractivity (Wildman–Crippen MR) is 220 cm³/mol. The number of nitrogens with zero attached hydrogens (tertiary/aromatic N) is 3. The molecule has 1 aromatic heterocycles. The molecule has 2 aliphatic heterocycles. The minimum atomic E-state index is -3.79. The Morgan fingerprint density at radius 3 is 2.14 bits per heavy atom. The molecule has 5 aromatic carbocycles. The Balaban J connectivity index is 0.000000194. The van der Waals surface area contributed by atoms with Crippen LogP contribution in [0.5, 0.6) is 46.0 Å². The first-order chi connectivity index (χ1) is 30.1. The molecule has 0 spiro atoms. The number of carboxylic acids is 1. The summed E-state index contributed by atoms with van der Waals surface area (Å²) in [6, 6.07) is 25.8. The summed E-state index contributed by atoms with van der Waals surface area (Å²) in [6.07, 6.45) is -2.81. The molecule has 4 atom stereocenters. The van der Waals surface area contributed by atoms with Crippen LogP contribution >= 0.6 is 0 Å². The third kappa shape index (κ3) is 9.37. The summed E-state index contributed by atoms with van der Waals surface area (Å²) < 4.78 is 50.0. The summed E-state index contributed by atoms with van der Waals surface area (Å²) in [5, 5.41) is 76.5. The molecule has 0 radical (unpaired) electrons. The number of ketones is 1. The normalized spacial score (nSPS) is 17.7. The van der Waals surface area contributed by atoms with Gasteiger partial charge in [0.05, 0.1) is 30.0 Å². The second-order valence-corrected chi connectivity index (χ2v) is 15.4. The molecule has 63 heavy (non-hydrogen) atoms. The average Bonchev–Trinajstić information content (AvgIpc) is 3.27. The van der Waals surface area contributed by atoms with Crippen LogP contribution in [0.15, 0.2) is 131 Å². The van der Waals surface area contributed by atoms with E-state index < -0.39 is 51.9 Å². The summed E-state index contributed by atoms with van der Waals surface area (Å²) in [6.45, 7) is -0.349. The Bertz CT molecular complexity index is 2830. The zero-order valence-corrected chi connectivity index (χ0v) is 33.4. The first-order valence-corrected chi connectivity index (χ1v) is 20.1. The number of carboxylic acid groups (broad SMARTS) is 1. The van der Waals surface area contributed by atoms with E-state index in [1.165, 1.54) is 74.0 Å². The topological polar surface area (TPSA) is 296 Å². The smallest absolute Gasteiger partial charge is 0.339 e. The van der Waals surface area contributed by atoms with E-state index in [0.29, 0.717) is 22.6 Å². The van der Waals surface area contributed by atoms with E-state index in [-0.39, 0.29) is 68.6 Å². The number of aliphatic hydroxyl groups is 2. The van der Waals surface area contributed by atoms with Crippen LogP contribution in [0.3, 0.4) is 0 Å². The number of hydrogen-bond acceptors (Lipinski definition) is 17. The number of methoxy groups -OCH3 is 1. The summed E-state index contributed by atoms with van der Waals surface area (Å²) in [5.74, 6) is -2.28. The van der Waals surface area contributed by atoms with Crippen molar-refractivity contribution in [3.05, 3.63) is 138 Å². The maximum Gasteiger partial charge on any atom is 0.339 e. The van der Waals surface area contributed by atoms with Gasteiger partial charge in [-0.05, 0) is 84.4 Å². The lowest BCUT2D eigenvalue weighted by Crippen LogP contribution is -2.37. The second-order valence-electron chi connectivity index (χ2n) is 13.7. The molecule has 0 aliphatic carbocycles. The number of carbonyl (C=O) groups excluding carboxylic acids is 1. The van der Waals surface area contributed by atoms with Crippen LogP contribution in [-0.4, -0.2) is 86.8 Å². The Morgan fingerprint density at radius 1 is 0.762 bits per heavy atom. The van der Waals surface area contributed by atoms with E-state index in [1.807, 2.05) is 0 Å². The number of benzene rings is 5. The zero-order chi connectivity index (χ0) is 45.0. The van der Waals surface area contributed by atoms with Gasteiger partial charge in [-0.1, -0.05) is 18.2 Å². The van der Waals surface area contributed by atoms with Gasteiger partial charge in [0, 0.05) is 23.9 Å². The zero-order valence-electron chi connectivity index (χ0n) is 32.6. The van der Waals surface area contributed by atoms with E-state index >= 15 is 0 Å². The number of carbonyl (C=O) groups is 2. The Labute approximate surface area is 357 Å². The van der Waals surface area contributed by atoms with Gasteiger partial charge in [-0.3, -0.25) is 9.52 Å². The van der Waals surface area contributed by atoms with Crippen LogP contribution in [0.1, 0.15) is 44.1 Å². The number of sulfonamides is 1. The Hall–Kier alpha value is -7.94. The van der Waals surface area contributed by atoms with Crippen LogP contribution in [0, 0.1) is 0 Å². The van der Waals surface area contributed by atoms with Crippen LogP contribution in [0.2, 0.25) is 0 Å². The van der Waals surface area contributed by atoms with Crippen LogP contribution in [0.4, 0.5) is 17.2 Å². The first kappa shape index (κ1) is 43.2. The van der Waals surface area contributed by atoms with Crippen molar-refractivity contribution in [3.63, 3.8) is 0 Å². The number of phenols is 4. The fourth-order valence-electron chi connectivity index (χ4n) is 6.46. The Morgan fingerprint density at radius 2 is 1.44 bits per heavy atom. The van der Waals surface area contributed by atoms with Crippen molar-refractivity contribution < 1.29 is 72.7 Å². The number of rotatable bonds is 10. The third-order valence-corrected chi connectivity index (χ3v) is 10.9. The molecule has 8 N–H and O–H groups in total. The van der Waals surface area contributed by atoms with Gasteiger partial charge < -0.3 is 54.7 Å². The molecule has 0 unspecified atom stereocenters. The molecule has 0 fully saturated rings. The third-order valence-electron chi connectivity index (χ3n) is 9.54. The number of hydrogen-bond donors (Lipinski definition) is 8. The van der Waals surface area contributed by atoms with E-state index in [9.17, 15) is 48.6 Å². The van der Waals surface area contributed by atoms with Gasteiger partial charge in [-0.15, -0.1) is 0 Å². The van der Waals surface area contributed by atoms with Gasteiger partial charge in [0.2, 0.25) is 5.78 Å². The lowest BCUT2D eigenvalue weighted by Gasteiger charge is -2.35. The van der Waals surface area contributed by atoms with Crippen molar-refractivity contribution in [2.75, 3.05) is 18.4 Å². The minimum Gasteiger partial charge on any atom is -0.508 e. The van der Waals surface area contributed by atoms with Crippen LogP contribution in [-0.2, 0) is 10.0 Å². The van der Waals surface area contributed by atoms with Crippen molar-refractivity contribution in [1.29, 1.82) is 0 Å². The van der Waals surface area contributed by atoms with Gasteiger partial charge in [0.1, 0.15) is 39.9 Å². The summed E-state index contributed by atoms with van der Waals surface area (Å²) in [7, 11) is -2.38. The number of aromatic carboxylic acids is 1. The molecule has 0 amide bonds. The highest BCUT2D eigenvalue weighted by atomic mass is 32.2. The number of aromatic nitrogens is 1. The van der Waals surface area contributed by atoms with Gasteiger partial charge in [0.15, 0.2) is 47.4 Å². The highest BCUT2D eigenvalue weighted by Gasteiger charge is 2.40. The molecule has 19 nitrogen and oxygen atoms in total. The number of anilines is 1. The second kappa shape index (κ2) is 18.0. The van der Waals surface area contributed by atoms with Crippen LogP contribution in [0.25, 0.3) is 0 Å². The maximum atomic E-state index is 12.7. The number of ether oxygens (including phenoxy) is 4. The van der Waals surface area contributed by atoms with Crippen molar-refractivity contribution >= 4 is 39.0 Å². The van der Waals surface area contributed by atoms with Crippen molar-refractivity contribution in [2.24, 2.45) is 10.2 Å². The molecule has 0 bridgehead atoms. The first-order valence-electron chi connectivity index (χ1n) is 18.6. The van der Waals surface area contributed by atoms with Gasteiger partial charge >= 0.3 is 5.97 Å². The average molecular weight is 881 g/mol. The van der Waals surface area contributed by atoms with Crippen molar-refractivity contribution in [1.82, 2.24) is 4.98 Å². The van der Waals surface area contributed by atoms with E-state index in [1.54, 1.807) is 42.5 Å². The maximum absolute atomic E-state index is 12.7. The minimum absolute atomic E-state index is 0.0231. The quantitative estimate of drug-likeness (QED) is 0.0725. The summed E-state index contributed by atoms with van der Waals surface area (Å²) in [5.41, 5.74) is 1.05. The highest BCUT2D eigenvalue weighted by molar-refractivity contribution is 7.92. The van der Waals surface area contributed by atoms with Gasteiger partial charge in [-0.25, -0.2) is 18.2 Å². The number of Topliss-reactive ketones (excluding diaryl/α,β-unsaturated/α-hetero) is 1. The van der Waals surface area contributed by atoms with E-state index in [4.69, 9.17) is 24.1 Å². The largest absolute Gasteiger partial charge is 0.508 e. The molecular formula is C43H36N4O15S. The number of pyridine rings is 1. The number of azo groups is 1.